The molecule has 152 valence electrons. The lowest BCUT2D eigenvalue weighted by molar-refractivity contribution is 1.09. The molecule has 4 nitrogen and oxygen atoms in total. The molecule has 30 heavy (non-hydrogen) atoms. The van der Waals surface area contributed by atoms with Crippen LogP contribution in [0.25, 0.3) is 22.4 Å². The number of rotatable bonds is 5. The van der Waals surface area contributed by atoms with Crippen molar-refractivity contribution in [2.24, 2.45) is 0 Å². The van der Waals surface area contributed by atoms with E-state index < -0.39 is 0 Å². The quantitative estimate of drug-likeness (QED) is 0.328. The van der Waals surface area contributed by atoms with Crippen LogP contribution in [0.3, 0.4) is 0 Å². The summed E-state index contributed by atoms with van der Waals surface area (Å²) in [6.07, 6.45) is 1.90. The van der Waals surface area contributed by atoms with Crippen molar-refractivity contribution in [1.82, 2.24) is 9.97 Å². The number of para-hydroxylation sites is 2. The predicted molar refractivity (Wildman–Crippen MR) is 131 cm³/mol. The number of aryl methyl sites for hydroxylation is 3. The van der Waals surface area contributed by atoms with Crippen molar-refractivity contribution in [1.29, 1.82) is 0 Å². The third-order valence-corrected chi connectivity index (χ3v) is 5.51. The van der Waals surface area contributed by atoms with E-state index in [4.69, 9.17) is 17.2 Å². The van der Waals surface area contributed by atoms with Crippen molar-refractivity contribution in [3.8, 4) is 11.4 Å². The van der Waals surface area contributed by atoms with Crippen LogP contribution in [0.2, 0.25) is 0 Å². The number of imidazole rings is 1. The third-order valence-electron chi connectivity index (χ3n) is 5.31. The molecule has 0 fully saturated rings. The van der Waals surface area contributed by atoms with Crippen LogP contribution in [-0.2, 0) is 12.8 Å². The van der Waals surface area contributed by atoms with E-state index in [1.807, 2.05) is 30.3 Å². The van der Waals surface area contributed by atoms with E-state index in [9.17, 15) is 0 Å². The molecule has 0 aliphatic rings. The van der Waals surface area contributed by atoms with E-state index in [1.165, 1.54) is 16.7 Å². The highest BCUT2D eigenvalue weighted by Crippen LogP contribution is 2.29. The van der Waals surface area contributed by atoms with Crippen LogP contribution in [0.1, 0.15) is 30.5 Å². The molecule has 3 N–H and O–H groups in total. The van der Waals surface area contributed by atoms with Gasteiger partial charge in [0, 0.05) is 11.3 Å². The van der Waals surface area contributed by atoms with E-state index in [2.05, 4.69) is 66.7 Å². The fourth-order valence-electron chi connectivity index (χ4n) is 3.72. The Kier molecular flexibility index (Phi) is 5.81. The molecule has 5 heteroatoms. The Morgan fingerprint density at radius 3 is 2.40 bits per heavy atom. The Labute approximate surface area is 182 Å². The van der Waals surface area contributed by atoms with Gasteiger partial charge in [0.1, 0.15) is 5.82 Å². The van der Waals surface area contributed by atoms with Gasteiger partial charge >= 0.3 is 0 Å². The molecule has 0 aliphatic heterocycles. The first-order valence-electron chi connectivity index (χ1n) is 10.3. The average molecular weight is 415 g/mol. The van der Waals surface area contributed by atoms with Gasteiger partial charge in [0.25, 0.3) is 0 Å². The van der Waals surface area contributed by atoms with Crippen molar-refractivity contribution >= 4 is 39.7 Å². The van der Waals surface area contributed by atoms with Gasteiger partial charge in [-0.25, -0.2) is 4.98 Å². The highest BCUT2D eigenvalue weighted by molar-refractivity contribution is 7.80. The summed E-state index contributed by atoms with van der Waals surface area (Å²) in [6, 6.07) is 20.7. The maximum Gasteiger partial charge on any atom is 0.175 e. The number of fused-ring (bicyclic) bond motifs is 1. The molecule has 0 radical (unpaired) electrons. The van der Waals surface area contributed by atoms with E-state index in [-0.39, 0.29) is 0 Å². The summed E-state index contributed by atoms with van der Waals surface area (Å²) in [7, 11) is 0. The maximum absolute atomic E-state index is 5.67. The minimum absolute atomic E-state index is 0.574. The number of aromatic nitrogens is 2. The van der Waals surface area contributed by atoms with Crippen LogP contribution in [0.5, 0.6) is 0 Å². The molecule has 4 rings (SSSR count). The standard InChI is InChI=1S/C25H26N4S/c1-4-17-9-8-10-18(5-2)23(17)29-25(30)28-20-12-7-6-11-19(20)24-26-21-14-13-16(3)15-22(21)27-24/h6-15H,4-5H2,1-3H3,(H,26,27)(H2,28,29,30). The normalized spacial score (nSPS) is 10.9. The van der Waals surface area contributed by atoms with Gasteiger partial charge < -0.3 is 15.6 Å². The molecule has 0 atom stereocenters. The molecule has 0 saturated heterocycles. The van der Waals surface area contributed by atoms with Crippen LogP contribution >= 0.6 is 12.2 Å². The van der Waals surface area contributed by atoms with Crippen molar-refractivity contribution in [2.75, 3.05) is 10.6 Å². The Morgan fingerprint density at radius 1 is 0.933 bits per heavy atom. The number of H-pyrrole nitrogens is 1. The minimum atomic E-state index is 0.574. The van der Waals surface area contributed by atoms with Crippen molar-refractivity contribution < 1.29 is 0 Å². The molecular weight excluding hydrogens is 388 g/mol. The summed E-state index contributed by atoms with van der Waals surface area (Å²) < 4.78 is 0. The summed E-state index contributed by atoms with van der Waals surface area (Å²) in [4.78, 5) is 8.21. The number of thiocarbonyl (C=S) groups is 1. The van der Waals surface area contributed by atoms with Gasteiger partial charge in [-0.2, -0.15) is 0 Å². The third kappa shape index (κ3) is 4.07. The molecule has 0 saturated carbocycles. The lowest BCUT2D eigenvalue weighted by Crippen LogP contribution is -2.21. The van der Waals surface area contributed by atoms with Crippen LogP contribution in [0.4, 0.5) is 11.4 Å². The topological polar surface area (TPSA) is 52.7 Å². The van der Waals surface area contributed by atoms with Crippen LogP contribution in [0, 0.1) is 6.92 Å². The molecule has 0 spiro atoms. The number of benzene rings is 3. The second kappa shape index (κ2) is 8.67. The van der Waals surface area contributed by atoms with Crippen LogP contribution in [0.15, 0.2) is 60.7 Å². The highest BCUT2D eigenvalue weighted by atomic mass is 32.1. The monoisotopic (exact) mass is 414 g/mol. The number of hydrogen-bond acceptors (Lipinski definition) is 2. The first kappa shape index (κ1) is 20.1. The summed E-state index contributed by atoms with van der Waals surface area (Å²) >= 11 is 5.67. The number of nitrogens with one attached hydrogen (secondary N) is 3. The molecule has 1 aromatic heterocycles. The van der Waals surface area contributed by atoms with Gasteiger partial charge in [0.15, 0.2) is 5.11 Å². The molecule has 3 aromatic carbocycles. The van der Waals surface area contributed by atoms with Gasteiger partial charge in [-0.3, -0.25) is 0 Å². The molecule has 0 bridgehead atoms. The summed E-state index contributed by atoms with van der Waals surface area (Å²) in [5.74, 6) is 0.824. The molecule has 1 heterocycles. The van der Waals surface area contributed by atoms with Crippen molar-refractivity contribution in [3.63, 3.8) is 0 Å². The zero-order valence-electron chi connectivity index (χ0n) is 17.5. The first-order chi connectivity index (χ1) is 14.6. The summed E-state index contributed by atoms with van der Waals surface area (Å²) in [5, 5.41) is 7.38. The van der Waals surface area contributed by atoms with Gasteiger partial charge in [-0.05, 0) is 72.9 Å². The Hall–Kier alpha value is -3.18. The average Bonchev–Trinajstić information content (AvgIpc) is 3.17. The lowest BCUT2D eigenvalue weighted by atomic mass is 10.0. The number of nitrogens with zero attached hydrogens (tertiary/aromatic N) is 1. The SMILES string of the molecule is CCc1cccc(CC)c1NC(=S)Nc1ccccc1-c1nc2ccc(C)cc2[nH]1. The summed E-state index contributed by atoms with van der Waals surface area (Å²) in [6.45, 7) is 6.41. The second-order valence-electron chi connectivity index (χ2n) is 7.39. The van der Waals surface area contributed by atoms with E-state index in [0.29, 0.717) is 5.11 Å². The first-order valence-corrected chi connectivity index (χ1v) is 10.7. The van der Waals surface area contributed by atoms with Gasteiger partial charge in [-0.15, -0.1) is 0 Å². The molecule has 0 aliphatic carbocycles. The van der Waals surface area contributed by atoms with Gasteiger partial charge in [-0.1, -0.05) is 50.2 Å². The minimum Gasteiger partial charge on any atom is -0.338 e. The van der Waals surface area contributed by atoms with Crippen molar-refractivity contribution in [2.45, 2.75) is 33.6 Å². The fourth-order valence-corrected chi connectivity index (χ4v) is 3.93. The lowest BCUT2D eigenvalue weighted by Gasteiger charge is -2.18. The second-order valence-corrected chi connectivity index (χ2v) is 7.80. The van der Waals surface area contributed by atoms with Gasteiger partial charge in [0.05, 0.1) is 16.7 Å². The zero-order valence-corrected chi connectivity index (χ0v) is 18.4. The molecule has 0 unspecified atom stereocenters. The zero-order chi connectivity index (χ0) is 21.1. The Bertz CT molecular complexity index is 1190. The highest BCUT2D eigenvalue weighted by Gasteiger charge is 2.12. The number of aromatic amines is 1. The van der Waals surface area contributed by atoms with E-state index >= 15 is 0 Å². The van der Waals surface area contributed by atoms with Crippen LogP contribution < -0.4 is 10.6 Å². The van der Waals surface area contributed by atoms with Crippen molar-refractivity contribution in [3.05, 3.63) is 77.4 Å². The maximum atomic E-state index is 5.67. The molecule has 0 amide bonds. The molecular formula is C25H26N4S. The predicted octanol–water partition coefficient (Wildman–Crippen LogP) is 6.47. The van der Waals surface area contributed by atoms with Crippen LogP contribution in [-0.4, -0.2) is 15.1 Å². The van der Waals surface area contributed by atoms with E-state index in [1.54, 1.807) is 0 Å². The van der Waals surface area contributed by atoms with E-state index in [0.717, 1.165) is 46.6 Å². The smallest absolute Gasteiger partial charge is 0.175 e. The molecule has 4 aromatic rings. The summed E-state index contributed by atoms with van der Waals surface area (Å²) in [5.41, 5.74) is 8.72. The largest absolute Gasteiger partial charge is 0.338 e. The number of anilines is 2. The van der Waals surface area contributed by atoms with Gasteiger partial charge in [0.2, 0.25) is 0 Å². The Morgan fingerprint density at radius 2 is 1.67 bits per heavy atom. The number of hydrogen-bond donors (Lipinski definition) is 3. The Balaban J connectivity index is 1.63. The fraction of sp³-hybridized carbons (Fsp3) is 0.200.